The van der Waals surface area contributed by atoms with E-state index in [9.17, 15) is 4.79 Å². The maximum absolute atomic E-state index is 11.8. The summed E-state index contributed by atoms with van der Waals surface area (Å²) >= 11 is 1.73. The highest BCUT2D eigenvalue weighted by atomic mass is 32.1. The van der Waals surface area contributed by atoms with Crippen LogP contribution in [0.15, 0.2) is 55.1 Å². The lowest BCUT2D eigenvalue weighted by Crippen LogP contribution is -2.09. The number of fused-ring (bicyclic) bond motifs is 2. The molecule has 0 aliphatic carbocycles. The third-order valence-electron chi connectivity index (χ3n) is 5.71. The van der Waals surface area contributed by atoms with E-state index in [4.69, 9.17) is 4.98 Å². The highest BCUT2D eigenvalue weighted by Gasteiger charge is 2.17. The first-order valence-electron chi connectivity index (χ1n) is 11.1. The number of rotatable bonds is 5. The number of anilines is 1. The van der Waals surface area contributed by atoms with Crippen molar-refractivity contribution in [3.63, 3.8) is 0 Å². The van der Waals surface area contributed by atoms with Crippen LogP contribution in [0.1, 0.15) is 18.2 Å². The van der Waals surface area contributed by atoms with E-state index < -0.39 is 0 Å². The van der Waals surface area contributed by atoms with E-state index in [1.165, 1.54) is 4.88 Å². The predicted molar refractivity (Wildman–Crippen MR) is 137 cm³/mol. The molecular formula is C25H20N8OS. The first-order valence-corrected chi connectivity index (χ1v) is 11.9. The van der Waals surface area contributed by atoms with Crippen LogP contribution >= 0.6 is 11.3 Å². The summed E-state index contributed by atoms with van der Waals surface area (Å²) in [6, 6.07) is 10.0. The maximum atomic E-state index is 11.8. The summed E-state index contributed by atoms with van der Waals surface area (Å²) in [5.74, 6) is 0.554. The van der Waals surface area contributed by atoms with Gasteiger partial charge in [0.15, 0.2) is 11.5 Å². The van der Waals surface area contributed by atoms with Gasteiger partial charge in [-0.1, -0.05) is 6.92 Å². The topological polar surface area (TPSA) is 125 Å². The number of hydrogen-bond acceptors (Lipinski definition) is 7. The third kappa shape index (κ3) is 3.83. The number of aromatic amines is 2. The smallest absolute Gasteiger partial charge is 0.224 e. The van der Waals surface area contributed by atoms with Gasteiger partial charge < -0.3 is 10.3 Å². The second-order valence-electron chi connectivity index (χ2n) is 8.10. The number of aryl methyl sites for hydroxylation is 1. The van der Waals surface area contributed by atoms with Crippen molar-refractivity contribution >= 4 is 45.0 Å². The molecule has 3 N–H and O–H groups in total. The Morgan fingerprint density at radius 2 is 2.03 bits per heavy atom. The first kappa shape index (κ1) is 21.1. The fourth-order valence-electron chi connectivity index (χ4n) is 3.96. The molecule has 6 rings (SSSR count). The second kappa shape index (κ2) is 8.41. The zero-order valence-corrected chi connectivity index (χ0v) is 19.8. The fourth-order valence-corrected chi connectivity index (χ4v) is 4.86. The van der Waals surface area contributed by atoms with Crippen molar-refractivity contribution in [1.82, 2.24) is 35.1 Å². The standard InChI is InChI=1S/C25H20N8OS/c1-3-21(34)29-15-8-14(10-26-11-15)18-9-17-19(12-28-18)32-33-23(17)25-30-22-16(6-7-27-24(22)31-25)20-5-4-13(2)35-20/h4-12H,3H2,1-2H3,(H,29,34)(H,32,33)(H,27,30,31). The Morgan fingerprint density at radius 3 is 2.86 bits per heavy atom. The summed E-state index contributed by atoms with van der Waals surface area (Å²) in [7, 11) is 0. The molecule has 172 valence electrons. The van der Waals surface area contributed by atoms with E-state index in [2.05, 4.69) is 54.5 Å². The number of H-pyrrole nitrogens is 2. The minimum Gasteiger partial charge on any atom is -0.335 e. The molecule has 1 amide bonds. The van der Waals surface area contributed by atoms with Crippen LogP contribution in [0, 0.1) is 6.92 Å². The normalized spacial score (nSPS) is 11.4. The molecular weight excluding hydrogens is 460 g/mol. The van der Waals surface area contributed by atoms with E-state index in [-0.39, 0.29) is 5.91 Å². The molecule has 0 aliphatic heterocycles. The molecule has 35 heavy (non-hydrogen) atoms. The van der Waals surface area contributed by atoms with Crippen LogP contribution in [0.4, 0.5) is 5.69 Å². The van der Waals surface area contributed by atoms with Gasteiger partial charge in [0, 0.05) is 45.1 Å². The van der Waals surface area contributed by atoms with E-state index in [0.717, 1.165) is 32.4 Å². The lowest BCUT2D eigenvalue weighted by Gasteiger charge is -2.06. The van der Waals surface area contributed by atoms with Gasteiger partial charge in [-0.05, 0) is 37.3 Å². The minimum atomic E-state index is -0.0694. The van der Waals surface area contributed by atoms with Gasteiger partial charge in [0.05, 0.1) is 34.8 Å². The van der Waals surface area contributed by atoms with Gasteiger partial charge in [-0.15, -0.1) is 11.3 Å². The summed E-state index contributed by atoms with van der Waals surface area (Å²) in [6.07, 6.45) is 7.24. The molecule has 6 aromatic rings. The molecule has 9 nitrogen and oxygen atoms in total. The Balaban J connectivity index is 1.43. The van der Waals surface area contributed by atoms with Crippen molar-refractivity contribution in [1.29, 1.82) is 0 Å². The van der Waals surface area contributed by atoms with E-state index in [1.807, 2.05) is 18.2 Å². The van der Waals surface area contributed by atoms with Crippen molar-refractivity contribution in [2.24, 2.45) is 0 Å². The molecule has 0 spiro atoms. The van der Waals surface area contributed by atoms with Gasteiger partial charge in [-0.25, -0.2) is 9.97 Å². The van der Waals surface area contributed by atoms with Gasteiger partial charge in [0.25, 0.3) is 0 Å². The Kier molecular flexibility index (Phi) is 5.07. The Labute approximate surface area is 203 Å². The van der Waals surface area contributed by atoms with Gasteiger partial charge in [-0.3, -0.25) is 19.9 Å². The summed E-state index contributed by atoms with van der Waals surface area (Å²) < 4.78 is 0. The minimum absolute atomic E-state index is 0.0694. The summed E-state index contributed by atoms with van der Waals surface area (Å²) in [5, 5.41) is 11.3. The van der Waals surface area contributed by atoms with Gasteiger partial charge in [0.2, 0.25) is 5.91 Å². The van der Waals surface area contributed by atoms with Crippen molar-refractivity contribution in [3.05, 3.63) is 60.0 Å². The van der Waals surface area contributed by atoms with Crippen LogP contribution < -0.4 is 5.32 Å². The quantitative estimate of drug-likeness (QED) is 0.306. The fraction of sp³-hybridized carbons (Fsp3) is 0.120. The Hall–Kier alpha value is -4.44. The largest absolute Gasteiger partial charge is 0.335 e. The van der Waals surface area contributed by atoms with Crippen molar-refractivity contribution in [2.75, 3.05) is 5.32 Å². The Bertz CT molecular complexity index is 1710. The van der Waals surface area contributed by atoms with Crippen LogP contribution in [0.25, 0.3) is 55.3 Å². The highest BCUT2D eigenvalue weighted by Crippen LogP contribution is 2.34. The predicted octanol–water partition coefficient (Wildman–Crippen LogP) is 5.34. The number of nitrogens with zero attached hydrogens (tertiary/aromatic N) is 5. The average molecular weight is 481 g/mol. The zero-order chi connectivity index (χ0) is 23.9. The van der Waals surface area contributed by atoms with Crippen LogP contribution in [0.3, 0.4) is 0 Å². The number of nitrogens with one attached hydrogen (secondary N) is 3. The number of imidazole rings is 1. The number of carbonyl (C=O) groups excluding carboxylic acids is 1. The SMILES string of the molecule is CCC(=O)Nc1cncc(-c2cc3c(-c4nc5nccc(-c6ccc(C)s6)c5[nH]4)n[nH]c3cn2)c1. The van der Waals surface area contributed by atoms with Crippen molar-refractivity contribution in [3.8, 4) is 33.2 Å². The lowest BCUT2D eigenvalue weighted by molar-refractivity contribution is -0.115. The zero-order valence-electron chi connectivity index (χ0n) is 19.0. The molecule has 10 heteroatoms. The van der Waals surface area contributed by atoms with Gasteiger partial charge in [-0.2, -0.15) is 5.10 Å². The van der Waals surface area contributed by atoms with Crippen molar-refractivity contribution < 1.29 is 4.79 Å². The van der Waals surface area contributed by atoms with E-state index >= 15 is 0 Å². The third-order valence-corrected chi connectivity index (χ3v) is 6.74. The molecule has 0 aliphatic rings. The van der Waals surface area contributed by atoms with Gasteiger partial charge in [0.1, 0.15) is 5.69 Å². The number of carbonyl (C=O) groups is 1. The van der Waals surface area contributed by atoms with Crippen molar-refractivity contribution in [2.45, 2.75) is 20.3 Å². The molecule has 0 atom stereocenters. The molecule has 0 saturated carbocycles. The second-order valence-corrected chi connectivity index (χ2v) is 9.39. The highest BCUT2D eigenvalue weighted by molar-refractivity contribution is 7.15. The van der Waals surface area contributed by atoms with Crippen LogP contribution in [0.5, 0.6) is 0 Å². The summed E-state index contributed by atoms with van der Waals surface area (Å²) in [6.45, 7) is 3.90. The molecule has 0 fully saturated rings. The monoisotopic (exact) mass is 480 g/mol. The molecule has 0 aromatic carbocycles. The van der Waals surface area contributed by atoms with Crippen LogP contribution in [-0.2, 0) is 4.79 Å². The number of pyridine rings is 3. The van der Waals surface area contributed by atoms with Gasteiger partial charge >= 0.3 is 0 Å². The van der Waals surface area contributed by atoms with E-state index in [0.29, 0.717) is 35.0 Å². The molecule has 0 saturated heterocycles. The molecule has 6 aromatic heterocycles. The number of amides is 1. The molecule has 6 heterocycles. The van der Waals surface area contributed by atoms with Crippen LogP contribution in [0.2, 0.25) is 0 Å². The molecule has 0 unspecified atom stereocenters. The molecule has 0 radical (unpaired) electrons. The molecule has 0 bridgehead atoms. The van der Waals surface area contributed by atoms with Crippen LogP contribution in [-0.4, -0.2) is 41.0 Å². The lowest BCUT2D eigenvalue weighted by atomic mass is 10.1. The maximum Gasteiger partial charge on any atom is 0.224 e. The summed E-state index contributed by atoms with van der Waals surface area (Å²) in [5.41, 5.74) is 6.16. The summed E-state index contributed by atoms with van der Waals surface area (Å²) in [4.78, 5) is 35.6. The number of hydrogen-bond donors (Lipinski definition) is 3. The number of thiophene rings is 1. The van der Waals surface area contributed by atoms with E-state index in [1.54, 1.807) is 43.0 Å². The first-order chi connectivity index (χ1) is 17.1. The average Bonchev–Trinajstić information content (AvgIpc) is 3.61. The number of aromatic nitrogens is 7. The Morgan fingerprint density at radius 1 is 1.11 bits per heavy atom.